The molecule has 250 valence electrons. The molecule has 46 heavy (non-hydrogen) atoms. The van der Waals surface area contributed by atoms with Crippen LogP contribution in [0.5, 0.6) is 0 Å². The Kier molecular flexibility index (Phi) is 11.7. The van der Waals surface area contributed by atoms with Crippen LogP contribution >= 0.6 is 0 Å². The van der Waals surface area contributed by atoms with Gasteiger partial charge < -0.3 is 23.8 Å². The fourth-order valence-electron chi connectivity index (χ4n) is 5.82. The quantitative estimate of drug-likeness (QED) is 0.298. The Bertz CT molecular complexity index is 1500. The van der Waals surface area contributed by atoms with Gasteiger partial charge in [0.1, 0.15) is 24.5 Å². The maximum Gasteiger partial charge on any atom is 0.508 e. The first-order valence-electron chi connectivity index (χ1n) is 15.9. The van der Waals surface area contributed by atoms with Gasteiger partial charge in [-0.3, -0.25) is 19.2 Å². The molecule has 2 fully saturated rings. The monoisotopic (exact) mass is 638 g/mol. The van der Waals surface area contributed by atoms with Crippen LogP contribution in [0, 0.1) is 19.3 Å². The maximum absolute atomic E-state index is 13.1. The molecule has 12 nitrogen and oxygen atoms in total. The number of aryl methyl sites for hydroxylation is 1. The molecule has 1 unspecified atom stereocenters. The number of likely N-dealkylation sites (tertiary alicyclic amines) is 1. The lowest BCUT2D eigenvalue weighted by atomic mass is 10.0. The van der Waals surface area contributed by atoms with Crippen LogP contribution in [-0.2, 0) is 25.5 Å². The largest absolute Gasteiger partial charge is 0.508 e. The smallest absolute Gasteiger partial charge is 0.444 e. The number of terminal acetylenes is 1. The molecule has 4 rings (SSSR count). The average Bonchev–Trinajstić information content (AvgIpc) is 3.40. The van der Waals surface area contributed by atoms with Gasteiger partial charge in [-0.2, -0.15) is 0 Å². The van der Waals surface area contributed by atoms with E-state index < -0.39 is 41.4 Å². The highest BCUT2D eigenvalue weighted by atomic mass is 16.7. The fraction of sp³-hybridized carbons (Fsp3) is 0.588. The first-order chi connectivity index (χ1) is 21.9. The van der Waals surface area contributed by atoms with Gasteiger partial charge in [0.25, 0.3) is 5.56 Å². The molecule has 2 aromatic rings. The van der Waals surface area contributed by atoms with Crippen LogP contribution in [0.25, 0.3) is 0 Å². The molecule has 0 aliphatic carbocycles. The van der Waals surface area contributed by atoms with E-state index in [1.165, 1.54) is 10.8 Å². The Labute approximate surface area is 270 Å². The number of hydrogen-bond acceptors (Lipinski definition) is 9. The van der Waals surface area contributed by atoms with Crippen molar-refractivity contribution in [2.24, 2.45) is 0 Å². The summed E-state index contributed by atoms with van der Waals surface area (Å²) < 4.78 is 24.2. The summed E-state index contributed by atoms with van der Waals surface area (Å²) in [6, 6.07) is 7.66. The lowest BCUT2D eigenvalue weighted by Gasteiger charge is -2.39. The van der Waals surface area contributed by atoms with E-state index in [9.17, 15) is 19.2 Å². The molecule has 12 heteroatoms. The third kappa shape index (κ3) is 9.47. The van der Waals surface area contributed by atoms with Crippen LogP contribution in [0.3, 0.4) is 0 Å². The number of aromatic amines is 1. The van der Waals surface area contributed by atoms with Crippen molar-refractivity contribution in [3.8, 4) is 12.3 Å². The molecule has 3 heterocycles. The zero-order valence-electron chi connectivity index (χ0n) is 27.5. The average molecular weight is 639 g/mol. The van der Waals surface area contributed by atoms with Gasteiger partial charge in [-0.25, -0.2) is 14.4 Å². The summed E-state index contributed by atoms with van der Waals surface area (Å²) in [6.45, 7) is 11.3. The predicted molar refractivity (Wildman–Crippen MR) is 171 cm³/mol. The van der Waals surface area contributed by atoms with Gasteiger partial charge in [0.05, 0.1) is 6.10 Å². The lowest BCUT2D eigenvalue weighted by Crippen LogP contribution is -2.51. The molecule has 2 saturated heterocycles. The molecule has 0 bridgehead atoms. The molecule has 0 radical (unpaired) electrons. The third-order valence-corrected chi connectivity index (χ3v) is 8.16. The molecule has 1 N–H and O–H groups in total. The van der Waals surface area contributed by atoms with Crippen LogP contribution in [0.4, 0.5) is 9.59 Å². The van der Waals surface area contributed by atoms with Crippen LogP contribution in [0.2, 0.25) is 0 Å². The van der Waals surface area contributed by atoms with E-state index in [1.807, 2.05) is 56.9 Å². The number of hydrogen-bond donors (Lipinski definition) is 1. The number of rotatable bonds is 10. The maximum atomic E-state index is 13.1. The molecule has 2 aliphatic heterocycles. The number of amides is 1. The summed E-state index contributed by atoms with van der Waals surface area (Å²) in [5, 5.41) is 0. The number of carbonyl (C=O) groups excluding carboxylic acids is 2. The second-order valence-corrected chi connectivity index (χ2v) is 12.9. The van der Waals surface area contributed by atoms with Crippen molar-refractivity contribution in [3.63, 3.8) is 0 Å². The Hall–Kier alpha value is -4.08. The zero-order valence-corrected chi connectivity index (χ0v) is 27.5. The normalized spacial score (nSPS) is 21.5. The molecular weight excluding hydrogens is 592 g/mol. The Morgan fingerprint density at radius 3 is 2.59 bits per heavy atom. The van der Waals surface area contributed by atoms with Gasteiger partial charge >= 0.3 is 17.9 Å². The van der Waals surface area contributed by atoms with Crippen molar-refractivity contribution in [1.82, 2.24) is 19.4 Å². The van der Waals surface area contributed by atoms with E-state index in [-0.39, 0.29) is 25.2 Å². The van der Waals surface area contributed by atoms with Crippen molar-refractivity contribution in [3.05, 3.63) is 68.0 Å². The molecule has 1 aromatic carbocycles. The van der Waals surface area contributed by atoms with Crippen LogP contribution in [0.15, 0.2) is 40.1 Å². The number of nitrogens with zero attached hydrogens (tertiary/aromatic N) is 3. The predicted octanol–water partition coefficient (Wildman–Crippen LogP) is 4.34. The van der Waals surface area contributed by atoms with Gasteiger partial charge in [-0.1, -0.05) is 25.0 Å². The minimum atomic E-state index is -0.830. The summed E-state index contributed by atoms with van der Waals surface area (Å²) in [4.78, 5) is 56.3. The molecule has 2 aliphatic rings. The van der Waals surface area contributed by atoms with E-state index in [0.29, 0.717) is 38.2 Å². The molecular formula is C34H46N4O8. The van der Waals surface area contributed by atoms with E-state index >= 15 is 0 Å². The molecule has 0 spiro atoms. The summed E-state index contributed by atoms with van der Waals surface area (Å²) >= 11 is 0. The van der Waals surface area contributed by atoms with Crippen molar-refractivity contribution in [1.29, 1.82) is 0 Å². The van der Waals surface area contributed by atoms with Crippen LogP contribution in [-0.4, -0.2) is 81.7 Å². The number of aromatic nitrogens is 2. The third-order valence-electron chi connectivity index (χ3n) is 8.16. The fourth-order valence-corrected chi connectivity index (χ4v) is 5.82. The number of nitrogens with one attached hydrogen (secondary N) is 1. The molecule has 1 amide bonds. The van der Waals surface area contributed by atoms with Crippen LogP contribution < -0.4 is 11.2 Å². The highest BCUT2D eigenvalue weighted by Gasteiger charge is 2.39. The second-order valence-electron chi connectivity index (χ2n) is 12.9. The van der Waals surface area contributed by atoms with Gasteiger partial charge in [0, 0.05) is 56.0 Å². The second kappa shape index (κ2) is 15.5. The standard InChI is InChI=1S/C34H46N4O8/c1-7-24-12-14-25(15-13-24)21-36(22-26-11-9-10-16-37(26)32(41)46-34(4,5)6)17-18-43-33(42)45-28-19-29(44-27(28)8-2)38-20-23(3)30(39)35-31(38)40/h1,12-15,20,26-29H,8-11,16-19,21-22H2,2-6H3,(H,35,39,40)/t26?,27-,28-,29-/m1/s1. The van der Waals surface area contributed by atoms with Crippen molar-refractivity contribution in [2.45, 2.75) is 103 Å². The van der Waals surface area contributed by atoms with E-state index in [1.54, 1.807) is 6.92 Å². The number of piperidine rings is 1. The van der Waals surface area contributed by atoms with E-state index in [4.69, 9.17) is 25.4 Å². The topological polar surface area (TPSA) is 132 Å². The zero-order chi connectivity index (χ0) is 33.4. The summed E-state index contributed by atoms with van der Waals surface area (Å²) in [5.74, 6) is 2.63. The summed E-state index contributed by atoms with van der Waals surface area (Å²) in [7, 11) is 0. The minimum absolute atomic E-state index is 0.0571. The Morgan fingerprint density at radius 2 is 1.91 bits per heavy atom. The van der Waals surface area contributed by atoms with Gasteiger partial charge in [-0.05, 0) is 71.1 Å². The van der Waals surface area contributed by atoms with Gasteiger partial charge in [0.2, 0.25) is 0 Å². The Balaban J connectivity index is 1.38. The molecule has 1 aromatic heterocycles. The number of benzene rings is 1. The van der Waals surface area contributed by atoms with Gasteiger partial charge in [-0.15, -0.1) is 6.42 Å². The van der Waals surface area contributed by atoms with Gasteiger partial charge in [0.15, 0.2) is 0 Å². The first-order valence-corrected chi connectivity index (χ1v) is 15.9. The SMILES string of the molecule is C#Cc1ccc(CN(CCOC(=O)O[C@@H]2C[C@H](n3cc(C)c(=O)[nH]c3=O)O[C@@H]2CC)CC2CCCCN2C(=O)OC(C)(C)C)cc1. The van der Waals surface area contributed by atoms with Crippen molar-refractivity contribution >= 4 is 12.2 Å². The van der Waals surface area contributed by atoms with E-state index in [0.717, 1.165) is 30.4 Å². The highest BCUT2D eigenvalue weighted by Crippen LogP contribution is 2.32. The van der Waals surface area contributed by atoms with E-state index in [2.05, 4.69) is 15.8 Å². The van der Waals surface area contributed by atoms with Crippen LogP contribution in [0.1, 0.15) is 82.7 Å². The lowest BCUT2D eigenvalue weighted by molar-refractivity contribution is -0.0386. The molecule has 4 atom stereocenters. The summed E-state index contributed by atoms with van der Waals surface area (Å²) in [5.41, 5.74) is 0.557. The number of H-pyrrole nitrogens is 1. The highest BCUT2D eigenvalue weighted by molar-refractivity contribution is 5.68. The minimum Gasteiger partial charge on any atom is -0.444 e. The number of ether oxygens (including phenoxy) is 4. The van der Waals surface area contributed by atoms with Crippen molar-refractivity contribution in [2.75, 3.05) is 26.2 Å². The number of carbonyl (C=O) groups is 2. The summed E-state index contributed by atoms with van der Waals surface area (Å²) in [6.07, 6.45) is 7.62. The first kappa shape index (κ1) is 34.8. The Morgan fingerprint density at radius 1 is 1.17 bits per heavy atom. The molecule has 0 saturated carbocycles. The van der Waals surface area contributed by atoms with Crippen molar-refractivity contribution < 1.29 is 28.5 Å².